The number of Topliss-reactive ketones (excluding diaryl/α,β-unsaturated/α-hetero) is 1. The van der Waals surface area contributed by atoms with Crippen LogP contribution in [0.15, 0.2) is 66.2 Å². The minimum atomic E-state index is -0.271. The number of nitrogens with zero attached hydrogens (tertiary/aromatic N) is 1. The zero-order chi connectivity index (χ0) is 24.0. The minimum Gasteiger partial charge on any atom is -0.328 e. The normalized spacial score (nSPS) is 28.6. The summed E-state index contributed by atoms with van der Waals surface area (Å²) in [7, 11) is 0. The Morgan fingerprint density at radius 3 is 2.15 bits per heavy atom. The van der Waals surface area contributed by atoms with Crippen molar-refractivity contribution in [3.8, 4) is 0 Å². The van der Waals surface area contributed by atoms with E-state index in [4.69, 9.17) is 10.7 Å². The lowest BCUT2D eigenvalue weighted by Crippen LogP contribution is -2.30. The number of carbonyl (C=O) groups excluding carboxylic acids is 2. The molecule has 2 aliphatic carbocycles. The fourth-order valence-electron chi connectivity index (χ4n) is 5.88. The van der Waals surface area contributed by atoms with Gasteiger partial charge in [-0.25, -0.2) is 4.99 Å². The van der Waals surface area contributed by atoms with Gasteiger partial charge in [0.2, 0.25) is 0 Å². The van der Waals surface area contributed by atoms with E-state index in [2.05, 4.69) is 37.8 Å². The number of hydrogen-bond acceptors (Lipinski definition) is 4. The fraction of sp³-hybridized carbons (Fsp3) is 0.367. The van der Waals surface area contributed by atoms with Crippen LogP contribution < -0.4 is 5.73 Å². The molecule has 4 nitrogen and oxygen atoms in total. The summed E-state index contributed by atoms with van der Waals surface area (Å²) < 4.78 is 0. The summed E-state index contributed by atoms with van der Waals surface area (Å²) >= 11 is 0. The van der Waals surface area contributed by atoms with Crippen molar-refractivity contribution in [2.24, 2.45) is 34.4 Å². The number of fused-ring (bicyclic) bond motifs is 1. The van der Waals surface area contributed by atoms with Gasteiger partial charge in [0.05, 0.1) is 11.4 Å². The van der Waals surface area contributed by atoms with Crippen LogP contribution in [0.3, 0.4) is 0 Å². The number of nitrogens with two attached hydrogens (primary N) is 1. The van der Waals surface area contributed by atoms with Gasteiger partial charge in [-0.15, -0.1) is 0 Å². The molecule has 2 aromatic carbocycles. The maximum Gasteiger partial charge on any atom is 0.185 e. The third-order valence-corrected chi connectivity index (χ3v) is 7.95. The smallest absolute Gasteiger partial charge is 0.185 e. The van der Waals surface area contributed by atoms with Crippen LogP contribution in [0, 0.1) is 30.6 Å². The van der Waals surface area contributed by atoms with Gasteiger partial charge in [0.1, 0.15) is 0 Å². The highest BCUT2D eigenvalue weighted by Gasteiger charge is 2.55. The largest absolute Gasteiger partial charge is 0.328 e. The highest BCUT2D eigenvalue weighted by atomic mass is 16.1. The summed E-state index contributed by atoms with van der Waals surface area (Å²) in [6.45, 7) is 7.65. The summed E-state index contributed by atoms with van der Waals surface area (Å²) in [5, 5.41) is 0. The molecule has 2 aromatic rings. The second-order valence-electron chi connectivity index (χ2n) is 10.1. The van der Waals surface area contributed by atoms with Crippen LogP contribution in [-0.4, -0.2) is 23.3 Å². The van der Waals surface area contributed by atoms with E-state index in [1.165, 1.54) is 11.6 Å². The second-order valence-corrected chi connectivity index (χ2v) is 10.1. The van der Waals surface area contributed by atoms with Gasteiger partial charge in [-0.2, -0.15) is 0 Å². The Balaban J connectivity index is 1.60. The molecule has 0 aromatic heterocycles. The first-order valence-electron chi connectivity index (χ1n) is 12.4. The van der Waals surface area contributed by atoms with Crippen LogP contribution in [0.25, 0.3) is 11.3 Å². The Labute approximate surface area is 201 Å². The molecule has 2 saturated carbocycles. The molecule has 1 aliphatic heterocycles. The van der Waals surface area contributed by atoms with Gasteiger partial charge < -0.3 is 5.73 Å². The first kappa shape index (κ1) is 22.7. The first-order valence-corrected chi connectivity index (χ1v) is 12.4. The lowest BCUT2D eigenvalue weighted by Gasteiger charge is -2.26. The van der Waals surface area contributed by atoms with E-state index in [1.54, 1.807) is 0 Å². The van der Waals surface area contributed by atoms with Crippen LogP contribution >= 0.6 is 0 Å². The van der Waals surface area contributed by atoms with Crippen molar-refractivity contribution >= 4 is 28.5 Å². The third kappa shape index (κ3) is 4.01. The average Bonchev–Trinajstić information content (AvgIpc) is 3.58. The van der Waals surface area contributed by atoms with Gasteiger partial charge >= 0.3 is 0 Å². The molecule has 0 saturated heterocycles. The van der Waals surface area contributed by atoms with Crippen LogP contribution in [0.4, 0.5) is 0 Å². The highest BCUT2D eigenvalue weighted by Crippen LogP contribution is 2.56. The Kier molecular flexibility index (Phi) is 5.95. The SMILES string of the molecule is C=CC(=O)c1ccc(C2=C(c3ccc(C)cc3)C(C)C(=O)C(C3C4CCC(N)CCC43)=N2)cc1. The van der Waals surface area contributed by atoms with E-state index in [9.17, 15) is 9.59 Å². The van der Waals surface area contributed by atoms with Crippen molar-refractivity contribution in [1.29, 1.82) is 0 Å². The van der Waals surface area contributed by atoms with Crippen molar-refractivity contribution in [1.82, 2.24) is 0 Å². The molecule has 3 aliphatic rings. The molecule has 3 unspecified atom stereocenters. The third-order valence-electron chi connectivity index (χ3n) is 7.95. The number of allylic oxidation sites excluding steroid dienone is 2. The van der Waals surface area contributed by atoms with Crippen molar-refractivity contribution < 1.29 is 9.59 Å². The summed E-state index contributed by atoms with van der Waals surface area (Å²) in [6.07, 6.45) is 5.56. The van der Waals surface area contributed by atoms with Crippen molar-refractivity contribution in [3.05, 3.63) is 83.4 Å². The van der Waals surface area contributed by atoms with Gasteiger partial charge in [-0.3, -0.25) is 9.59 Å². The summed E-state index contributed by atoms with van der Waals surface area (Å²) in [4.78, 5) is 30.8. The Bertz CT molecular complexity index is 1190. The van der Waals surface area contributed by atoms with E-state index < -0.39 is 0 Å². The standard InChI is InChI=1S/C30H32N2O2/c1-4-25(33)19-9-11-21(12-10-19)28-26(20-7-5-17(2)6-8-20)18(3)30(34)29(32-28)27-23-15-13-22(31)14-16-24(23)27/h4-12,18,22-24,27H,1,13-16,31H2,2-3H3. The lowest BCUT2D eigenvalue weighted by atomic mass is 9.81. The molecule has 4 heteroatoms. The topological polar surface area (TPSA) is 72.5 Å². The van der Waals surface area contributed by atoms with Crippen LogP contribution in [-0.2, 0) is 4.79 Å². The number of rotatable bonds is 5. The zero-order valence-electron chi connectivity index (χ0n) is 20.0. The predicted octanol–water partition coefficient (Wildman–Crippen LogP) is 5.66. The van der Waals surface area contributed by atoms with Gasteiger partial charge in [0, 0.05) is 29.0 Å². The maximum absolute atomic E-state index is 13.7. The van der Waals surface area contributed by atoms with Crippen LogP contribution in [0.5, 0.6) is 0 Å². The molecule has 0 bridgehead atoms. The number of aliphatic imine (C=N–C) groups is 1. The Morgan fingerprint density at radius 2 is 1.56 bits per heavy atom. The summed E-state index contributed by atoms with van der Waals surface area (Å²) in [5.41, 5.74) is 12.5. The molecular weight excluding hydrogens is 420 g/mol. The molecule has 2 fully saturated rings. The highest BCUT2D eigenvalue weighted by molar-refractivity contribution is 6.46. The molecule has 0 radical (unpaired) electrons. The molecule has 5 rings (SSSR count). The van der Waals surface area contributed by atoms with Crippen molar-refractivity contribution in [3.63, 3.8) is 0 Å². The van der Waals surface area contributed by atoms with Gasteiger partial charge in [0.25, 0.3) is 0 Å². The summed E-state index contributed by atoms with van der Waals surface area (Å²) in [5.74, 6) is 1.08. The second kappa shape index (κ2) is 8.92. The van der Waals surface area contributed by atoms with Crippen LogP contribution in [0.1, 0.15) is 59.7 Å². The molecular formula is C30H32N2O2. The van der Waals surface area contributed by atoms with E-state index >= 15 is 0 Å². The average molecular weight is 453 g/mol. The van der Waals surface area contributed by atoms with E-state index in [0.29, 0.717) is 17.4 Å². The van der Waals surface area contributed by atoms with E-state index in [0.717, 1.165) is 53.8 Å². The monoisotopic (exact) mass is 452 g/mol. The molecule has 2 N–H and O–H groups in total. The number of ketones is 2. The van der Waals surface area contributed by atoms with Gasteiger partial charge in [0.15, 0.2) is 11.6 Å². The molecule has 0 spiro atoms. The molecule has 0 amide bonds. The molecule has 34 heavy (non-hydrogen) atoms. The quantitative estimate of drug-likeness (QED) is 0.470. The van der Waals surface area contributed by atoms with E-state index in [-0.39, 0.29) is 29.4 Å². The molecule has 3 atom stereocenters. The van der Waals surface area contributed by atoms with Crippen molar-refractivity contribution in [2.45, 2.75) is 45.6 Å². The van der Waals surface area contributed by atoms with Crippen molar-refractivity contribution in [2.75, 3.05) is 0 Å². The number of benzene rings is 2. The van der Waals surface area contributed by atoms with Gasteiger partial charge in [-0.1, -0.05) is 67.6 Å². The fourth-order valence-corrected chi connectivity index (χ4v) is 5.88. The van der Waals surface area contributed by atoms with Crippen LogP contribution in [0.2, 0.25) is 0 Å². The maximum atomic E-state index is 13.7. The number of carbonyl (C=O) groups is 2. The van der Waals surface area contributed by atoms with E-state index in [1.807, 2.05) is 31.2 Å². The first-order chi connectivity index (χ1) is 16.4. The zero-order valence-corrected chi connectivity index (χ0v) is 20.0. The number of aryl methyl sites for hydroxylation is 1. The lowest BCUT2D eigenvalue weighted by molar-refractivity contribution is -0.114. The molecule has 1 heterocycles. The summed E-state index contributed by atoms with van der Waals surface area (Å²) in [6, 6.07) is 16.1. The predicted molar refractivity (Wildman–Crippen MR) is 137 cm³/mol. The minimum absolute atomic E-state index is 0.105. The Hall–Kier alpha value is -3.11. The number of hydrogen-bond donors (Lipinski definition) is 1. The molecule has 174 valence electrons. The Morgan fingerprint density at radius 1 is 0.971 bits per heavy atom. The van der Waals surface area contributed by atoms with Gasteiger partial charge in [-0.05, 0) is 61.7 Å².